The van der Waals surface area contributed by atoms with Crippen LogP contribution in [0.15, 0.2) is 52.7 Å². The second kappa shape index (κ2) is 14.7. The first-order valence-corrected chi connectivity index (χ1v) is 13.6. The Balaban J connectivity index is 1.67. The minimum absolute atomic E-state index is 0.00945. The molecule has 17 nitrogen and oxygen atoms in total. The Morgan fingerprint density at radius 2 is 1.73 bits per heavy atom. The molecule has 0 saturated carbocycles. The van der Waals surface area contributed by atoms with E-state index >= 15 is 0 Å². The number of aliphatic hydroxyl groups excluding tert-OH is 2. The molecule has 4 aromatic rings. The normalized spacial score (nSPS) is 11.1. The molecule has 1 aromatic heterocycles. The van der Waals surface area contributed by atoms with Gasteiger partial charge in [0, 0.05) is 25.3 Å². The molecule has 0 spiro atoms. The Kier molecular flexibility index (Phi) is 10.5. The van der Waals surface area contributed by atoms with Crippen molar-refractivity contribution in [1.29, 1.82) is 0 Å². The molecule has 0 unspecified atom stereocenters. The number of aromatic nitrogens is 3. The van der Waals surface area contributed by atoms with E-state index in [0.717, 1.165) is 5.56 Å². The van der Waals surface area contributed by atoms with Gasteiger partial charge in [-0.1, -0.05) is 12.1 Å². The molecule has 10 N–H and O–H groups in total. The van der Waals surface area contributed by atoms with Gasteiger partial charge < -0.3 is 46.5 Å². The number of phenolic OH excluding ortho intramolecular Hbond substituents is 1. The second-order valence-corrected chi connectivity index (χ2v) is 9.63. The zero-order valence-corrected chi connectivity index (χ0v) is 24.1. The number of aromatic hydroxyl groups is 1. The minimum Gasteiger partial charge on any atom is -0.507 e. The first-order chi connectivity index (χ1) is 21.6. The van der Waals surface area contributed by atoms with Gasteiger partial charge in [0.2, 0.25) is 17.8 Å². The Hall–Kier alpha value is -5.65. The standard InChI is InChI=1S/C28H32N10O7/c1-15-12-16-2-4-19(29)24(23(16)21(41)13-15)37-36-20-5-3-17(14-18(20)25(43)44)32-27-33-26(31-7-6-22(42)45-30)34-28(35-27)38(8-10-39)9-11-40/h2-5,12-14,39-41H,6-11,29-30H2,1H3,(H,43,44)(H2,31,32,33,34,35). The quantitative estimate of drug-likeness (QED) is 0.0571. The number of hydrogen-bond donors (Lipinski definition) is 8. The van der Waals surface area contributed by atoms with Crippen LogP contribution in [0.25, 0.3) is 10.8 Å². The molecule has 0 aliphatic rings. The highest BCUT2D eigenvalue weighted by atomic mass is 16.7. The van der Waals surface area contributed by atoms with E-state index in [1.54, 1.807) is 18.2 Å². The number of aryl methyl sites for hydroxylation is 1. The molecule has 0 saturated heterocycles. The van der Waals surface area contributed by atoms with Crippen LogP contribution in [0.1, 0.15) is 22.3 Å². The van der Waals surface area contributed by atoms with Crippen molar-refractivity contribution in [1.82, 2.24) is 15.0 Å². The van der Waals surface area contributed by atoms with Crippen LogP contribution in [0.5, 0.6) is 5.75 Å². The average molecular weight is 621 g/mol. The maximum absolute atomic E-state index is 12.2. The number of carboxylic acids is 1. The fourth-order valence-corrected chi connectivity index (χ4v) is 4.33. The van der Waals surface area contributed by atoms with Crippen molar-refractivity contribution >= 4 is 63.3 Å². The van der Waals surface area contributed by atoms with Crippen molar-refractivity contribution in [3.8, 4) is 5.75 Å². The highest BCUT2D eigenvalue weighted by molar-refractivity contribution is 6.02. The summed E-state index contributed by atoms with van der Waals surface area (Å²) in [6.07, 6.45) is -0.0844. The maximum Gasteiger partial charge on any atom is 0.338 e. The predicted molar refractivity (Wildman–Crippen MR) is 165 cm³/mol. The second-order valence-electron chi connectivity index (χ2n) is 9.63. The van der Waals surface area contributed by atoms with E-state index in [-0.39, 0.29) is 91.2 Å². The van der Waals surface area contributed by atoms with Crippen LogP contribution in [0.2, 0.25) is 0 Å². The van der Waals surface area contributed by atoms with Gasteiger partial charge in [0.25, 0.3) is 0 Å². The van der Waals surface area contributed by atoms with E-state index in [9.17, 15) is 30.0 Å². The summed E-state index contributed by atoms with van der Waals surface area (Å²) in [5, 5.41) is 54.6. The van der Waals surface area contributed by atoms with E-state index in [1.807, 2.05) is 13.0 Å². The van der Waals surface area contributed by atoms with Crippen molar-refractivity contribution < 1.29 is 34.9 Å². The minimum atomic E-state index is -1.29. The molecular formula is C28H32N10O7. The van der Waals surface area contributed by atoms with Crippen LogP contribution >= 0.6 is 0 Å². The van der Waals surface area contributed by atoms with Gasteiger partial charge in [0.15, 0.2) is 0 Å². The molecule has 0 radical (unpaired) electrons. The maximum atomic E-state index is 12.2. The predicted octanol–water partition coefficient (Wildman–Crippen LogP) is 2.49. The number of anilines is 5. The Morgan fingerprint density at radius 3 is 2.42 bits per heavy atom. The third-order valence-electron chi connectivity index (χ3n) is 6.38. The number of nitrogens with two attached hydrogens (primary N) is 2. The molecule has 0 atom stereocenters. The zero-order chi connectivity index (χ0) is 32.5. The summed E-state index contributed by atoms with van der Waals surface area (Å²) in [7, 11) is 0. The number of carbonyl (C=O) groups excluding carboxylic acids is 1. The summed E-state index contributed by atoms with van der Waals surface area (Å²) in [4.78, 5) is 42.2. The summed E-state index contributed by atoms with van der Waals surface area (Å²) in [6.45, 7) is 1.61. The number of nitrogens with one attached hydrogen (secondary N) is 2. The smallest absolute Gasteiger partial charge is 0.338 e. The number of hydrogen-bond acceptors (Lipinski definition) is 16. The number of aliphatic hydroxyl groups is 2. The number of nitrogen functional groups attached to an aromatic ring is 1. The van der Waals surface area contributed by atoms with E-state index in [4.69, 9.17) is 11.6 Å². The number of aromatic carboxylic acids is 1. The Morgan fingerprint density at radius 1 is 1.00 bits per heavy atom. The molecule has 45 heavy (non-hydrogen) atoms. The molecule has 0 aliphatic heterocycles. The van der Waals surface area contributed by atoms with Gasteiger partial charge in [0.05, 0.1) is 36.3 Å². The molecular weight excluding hydrogens is 588 g/mol. The molecule has 0 amide bonds. The van der Waals surface area contributed by atoms with E-state index in [2.05, 4.69) is 40.7 Å². The van der Waals surface area contributed by atoms with Crippen LogP contribution in [0.4, 0.5) is 40.6 Å². The SMILES string of the molecule is Cc1cc(O)c2c(N=Nc3ccc(Nc4nc(NCCC(=O)ON)nc(N(CCO)CCO)n4)cc3C(=O)O)c(N)ccc2c1. The van der Waals surface area contributed by atoms with E-state index in [1.165, 1.54) is 23.1 Å². The highest BCUT2D eigenvalue weighted by Gasteiger charge is 2.17. The van der Waals surface area contributed by atoms with Crippen LogP contribution in [-0.4, -0.2) is 80.2 Å². The Labute approximate surface area is 256 Å². The van der Waals surface area contributed by atoms with Crippen LogP contribution in [0, 0.1) is 6.92 Å². The topological polar surface area (TPSA) is 267 Å². The number of carbonyl (C=O) groups is 2. The molecule has 17 heteroatoms. The number of fused-ring (bicyclic) bond motifs is 1. The van der Waals surface area contributed by atoms with E-state index < -0.39 is 11.9 Å². The number of nitrogens with zero attached hydrogens (tertiary/aromatic N) is 6. The number of phenols is 1. The van der Waals surface area contributed by atoms with Crippen molar-refractivity contribution in [2.75, 3.05) is 54.1 Å². The van der Waals surface area contributed by atoms with E-state index in [0.29, 0.717) is 10.8 Å². The lowest BCUT2D eigenvalue weighted by Gasteiger charge is -2.21. The average Bonchev–Trinajstić information content (AvgIpc) is 3.00. The third-order valence-corrected chi connectivity index (χ3v) is 6.38. The fourth-order valence-electron chi connectivity index (χ4n) is 4.33. The van der Waals surface area contributed by atoms with Gasteiger partial charge in [-0.2, -0.15) is 20.8 Å². The number of rotatable bonds is 14. The summed E-state index contributed by atoms with van der Waals surface area (Å²) >= 11 is 0. The van der Waals surface area contributed by atoms with Gasteiger partial charge in [-0.3, -0.25) is 4.79 Å². The number of carboxylic acid groups (broad SMARTS) is 1. The lowest BCUT2D eigenvalue weighted by Crippen LogP contribution is -2.32. The van der Waals surface area contributed by atoms with Gasteiger partial charge in [-0.05, 0) is 48.2 Å². The molecule has 0 bridgehead atoms. The number of azo groups is 1. The summed E-state index contributed by atoms with van der Waals surface area (Å²) < 4.78 is 0. The van der Waals surface area contributed by atoms with Crippen molar-refractivity contribution in [3.63, 3.8) is 0 Å². The molecule has 1 heterocycles. The molecule has 0 fully saturated rings. The van der Waals surface area contributed by atoms with Gasteiger partial charge in [-0.25, -0.2) is 4.79 Å². The first-order valence-electron chi connectivity index (χ1n) is 13.6. The van der Waals surface area contributed by atoms with Crippen LogP contribution < -0.4 is 27.2 Å². The monoisotopic (exact) mass is 620 g/mol. The summed E-state index contributed by atoms with van der Waals surface area (Å²) in [5.74, 6) is 3.01. The molecule has 0 aliphatic carbocycles. The largest absolute Gasteiger partial charge is 0.507 e. The summed E-state index contributed by atoms with van der Waals surface area (Å²) in [5.41, 5.74) is 7.47. The van der Waals surface area contributed by atoms with Gasteiger partial charge in [-0.15, -0.1) is 10.2 Å². The molecule has 236 valence electrons. The van der Waals surface area contributed by atoms with Gasteiger partial charge in [0.1, 0.15) is 17.1 Å². The van der Waals surface area contributed by atoms with Crippen molar-refractivity contribution in [2.45, 2.75) is 13.3 Å². The van der Waals surface area contributed by atoms with Crippen LogP contribution in [-0.2, 0) is 9.63 Å². The summed E-state index contributed by atoms with van der Waals surface area (Å²) in [6, 6.07) is 11.0. The lowest BCUT2D eigenvalue weighted by molar-refractivity contribution is -0.143. The fraction of sp³-hybridized carbons (Fsp3) is 0.250. The number of benzene rings is 3. The Bertz CT molecular complexity index is 1730. The van der Waals surface area contributed by atoms with Crippen LogP contribution in [0.3, 0.4) is 0 Å². The van der Waals surface area contributed by atoms with Crippen molar-refractivity contribution in [2.24, 2.45) is 16.1 Å². The first kappa shape index (κ1) is 32.3. The molecule has 4 rings (SSSR count). The molecule has 3 aromatic carbocycles. The zero-order valence-electron chi connectivity index (χ0n) is 24.1. The van der Waals surface area contributed by atoms with Crippen molar-refractivity contribution in [3.05, 3.63) is 53.6 Å². The lowest BCUT2D eigenvalue weighted by atomic mass is 10.0. The highest BCUT2D eigenvalue weighted by Crippen LogP contribution is 2.40. The van der Waals surface area contributed by atoms with Gasteiger partial charge >= 0.3 is 11.9 Å². The third kappa shape index (κ3) is 8.05.